The van der Waals surface area contributed by atoms with Crippen LogP contribution in [0.5, 0.6) is 0 Å². The van der Waals surface area contributed by atoms with Gasteiger partial charge in [0.05, 0.1) is 0 Å². The summed E-state index contributed by atoms with van der Waals surface area (Å²) < 4.78 is 12.6. The predicted molar refractivity (Wildman–Crippen MR) is 46.2 cm³/mol. The molecule has 0 radical (unpaired) electrons. The van der Waals surface area contributed by atoms with Gasteiger partial charge in [0.15, 0.2) is 0 Å². The Kier molecular flexibility index (Phi) is 3.28. The lowest BCUT2D eigenvalue weighted by molar-refractivity contribution is 0.625. The van der Waals surface area contributed by atoms with Gasteiger partial charge in [-0.15, -0.1) is 0 Å². The lowest BCUT2D eigenvalue weighted by Gasteiger charge is -1.96. The van der Waals surface area contributed by atoms with Crippen LogP contribution in [-0.2, 0) is 6.42 Å². The molecule has 0 amide bonds. The van der Waals surface area contributed by atoms with E-state index in [-0.39, 0.29) is 5.82 Å². The topological polar surface area (TPSA) is 4.36 Å². The third kappa shape index (κ3) is 2.71. The first-order valence-electron chi connectivity index (χ1n) is 3.90. The Bertz CT molecular complexity index is 288. The minimum Gasteiger partial charge on any atom is -0.317 e. The zero-order chi connectivity index (χ0) is 8.81. The molecule has 0 unspecified atom stereocenters. The number of nitrogens with zero attached hydrogens (tertiary/aromatic N) is 1. The average Bonchev–Trinajstić information content (AvgIpc) is 2.05. The Balaban J connectivity index is 2.48. The van der Waals surface area contributed by atoms with Crippen molar-refractivity contribution in [2.24, 2.45) is 0 Å². The van der Waals surface area contributed by atoms with Gasteiger partial charge in [-0.25, -0.2) is 11.0 Å². The van der Waals surface area contributed by atoms with E-state index in [0.29, 0.717) is 6.54 Å². The van der Waals surface area contributed by atoms with Crippen molar-refractivity contribution in [2.75, 3.05) is 6.54 Å². The third-order valence-corrected chi connectivity index (χ3v) is 1.62. The van der Waals surface area contributed by atoms with E-state index < -0.39 is 0 Å². The standard InChI is InChI=1S/C10H10FN/c1-12-7-3-5-9-4-2-6-10(11)8-9/h2,4,6,8H,3,5,7H2. The summed E-state index contributed by atoms with van der Waals surface area (Å²) in [6.07, 6.45) is 1.60. The first-order valence-corrected chi connectivity index (χ1v) is 3.90. The van der Waals surface area contributed by atoms with Gasteiger partial charge in [0.1, 0.15) is 5.82 Å². The maximum absolute atomic E-state index is 12.6. The monoisotopic (exact) mass is 163 g/mol. The first kappa shape index (κ1) is 8.73. The van der Waals surface area contributed by atoms with Crippen molar-refractivity contribution < 1.29 is 4.39 Å². The number of benzene rings is 1. The number of hydrogen-bond acceptors (Lipinski definition) is 0. The van der Waals surface area contributed by atoms with Crippen molar-refractivity contribution in [1.82, 2.24) is 0 Å². The molecule has 0 fully saturated rings. The Labute approximate surface area is 71.7 Å². The van der Waals surface area contributed by atoms with Crippen molar-refractivity contribution in [3.05, 3.63) is 47.1 Å². The quantitative estimate of drug-likeness (QED) is 0.476. The summed E-state index contributed by atoms with van der Waals surface area (Å²) in [5.41, 5.74) is 0.971. The SMILES string of the molecule is [C-]#[N+]CCCc1cccc(F)c1. The fourth-order valence-electron chi connectivity index (χ4n) is 1.05. The van der Waals surface area contributed by atoms with Crippen LogP contribution in [0.1, 0.15) is 12.0 Å². The van der Waals surface area contributed by atoms with E-state index in [1.54, 1.807) is 6.07 Å². The molecule has 2 heteroatoms. The van der Waals surface area contributed by atoms with Crippen LogP contribution in [0.15, 0.2) is 24.3 Å². The van der Waals surface area contributed by atoms with Crippen LogP contribution >= 0.6 is 0 Å². The summed E-state index contributed by atoms with van der Waals surface area (Å²) in [6.45, 7) is 7.09. The summed E-state index contributed by atoms with van der Waals surface area (Å²) >= 11 is 0. The minimum absolute atomic E-state index is 0.199. The lowest BCUT2D eigenvalue weighted by Crippen LogP contribution is -1.87. The zero-order valence-electron chi connectivity index (χ0n) is 6.76. The molecule has 1 rings (SSSR count). The molecule has 0 N–H and O–H groups in total. The molecule has 1 aromatic carbocycles. The summed E-state index contributed by atoms with van der Waals surface area (Å²) in [7, 11) is 0. The molecule has 0 aliphatic heterocycles. The van der Waals surface area contributed by atoms with Gasteiger partial charge in [-0.3, -0.25) is 0 Å². The zero-order valence-corrected chi connectivity index (χ0v) is 6.76. The van der Waals surface area contributed by atoms with Crippen LogP contribution in [0, 0.1) is 12.4 Å². The summed E-state index contributed by atoms with van der Waals surface area (Å²) in [5.74, 6) is -0.199. The van der Waals surface area contributed by atoms with Crippen LogP contribution < -0.4 is 0 Å². The van der Waals surface area contributed by atoms with Gasteiger partial charge in [-0.1, -0.05) is 12.1 Å². The molecule has 0 saturated heterocycles. The summed E-state index contributed by atoms with van der Waals surface area (Å²) in [6, 6.07) is 6.53. The maximum atomic E-state index is 12.6. The molecule has 0 aliphatic rings. The summed E-state index contributed by atoms with van der Waals surface area (Å²) in [5, 5.41) is 0. The Morgan fingerprint density at radius 3 is 2.92 bits per heavy atom. The van der Waals surface area contributed by atoms with Crippen LogP contribution in [0.25, 0.3) is 4.85 Å². The van der Waals surface area contributed by atoms with Crippen molar-refractivity contribution >= 4 is 0 Å². The fraction of sp³-hybridized carbons (Fsp3) is 0.300. The molecule has 0 atom stereocenters. The molecule has 62 valence electrons. The second-order valence-electron chi connectivity index (χ2n) is 2.62. The largest absolute Gasteiger partial charge is 0.317 e. The Morgan fingerprint density at radius 1 is 1.42 bits per heavy atom. The van der Waals surface area contributed by atoms with Gasteiger partial charge >= 0.3 is 0 Å². The number of aryl methyl sites for hydroxylation is 1. The Hall–Kier alpha value is -1.36. The second kappa shape index (κ2) is 4.50. The fourth-order valence-corrected chi connectivity index (χ4v) is 1.05. The normalized spacial score (nSPS) is 9.33. The molecule has 0 saturated carbocycles. The highest BCUT2D eigenvalue weighted by Gasteiger charge is 1.95. The number of rotatable bonds is 3. The van der Waals surface area contributed by atoms with Crippen molar-refractivity contribution in [3.8, 4) is 0 Å². The minimum atomic E-state index is -0.199. The van der Waals surface area contributed by atoms with E-state index >= 15 is 0 Å². The predicted octanol–water partition coefficient (Wildman–Crippen LogP) is 2.68. The van der Waals surface area contributed by atoms with Crippen molar-refractivity contribution in [1.29, 1.82) is 0 Å². The molecule has 0 aliphatic carbocycles. The second-order valence-corrected chi connectivity index (χ2v) is 2.62. The Morgan fingerprint density at radius 2 is 2.25 bits per heavy atom. The van der Waals surface area contributed by atoms with Gasteiger partial charge in [0, 0.05) is 6.42 Å². The van der Waals surface area contributed by atoms with Crippen LogP contribution in [0.2, 0.25) is 0 Å². The van der Waals surface area contributed by atoms with E-state index in [0.717, 1.165) is 18.4 Å². The smallest absolute Gasteiger partial charge is 0.215 e. The highest BCUT2D eigenvalue weighted by molar-refractivity contribution is 5.16. The van der Waals surface area contributed by atoms with Gasteiger partial charge in [0.25, 0.3) is 0 Å². The molecule has 0 heterocycles. The van der Waals surface area contributed by atoms with Gasteiger partial charge in [0.2, 0.25) is 6.54 Å². The van der Waals surface area contributed by atoms with E-state index in [2.05, 4.69) is 4.85 Å². The highest BCUT2D eigenvalue weighted by atomic mass is 19.1. The number of hydrogen-bond donors (Lipinski definition) is 0. The van der Waals surface area contributed by atoms with E-state index in [1.807, 2.05) is 6.07 Å². The highest BCUT2D eigenvalue weighted by Crippen LogP contribution is 2.05. The molecule has 1 aromatic rings. The maximum Gasteiger partial charge on any atom is 0.215 e. The average molecular weight is 163 g/mol. The van der Waals surface area contributed by atoms with E-state index in [9.17, 15) is 4.39 Å². The van der Waals surface area contributed by atoms with Crippen LogP contribution in [-0.4, -0.2) is 6.54 Å². The molecule has 0 spiro atoms. The third-order valence-electron chi connectivity index (χ3n) is 1.62. The van der Waals surface area contributed by atoms with Crippen molar-refractivity contribution in [2.45, 2.75) is 12.8 Å². The summed E-state index contributed by atoms with van der Waals surface area (Å²) in [4.78, 5) is 3.23. The molecular formula is C10H10FN. The molecule has 12 heavy (non-hydrogen) atoms. The van der Waals surface area contributed by atoms with E-state index in [4.69, 9.17) is 6.57 Å². The van der Waals surface area contributed by atoms with E-state index in [1.165, 1.54) is 12.1 Å². The van der Waals surface area contributed by atoms with Crippen LogP contribution in [0.4, 0.5) is 4.39 Å². The molecule has 0 bridgehead atoms. The lowest BCUT2D eigenvalue weighted by atomic mass is 10.1. The van der Waals surface area contributed by atoms with Crippen molar-refractivity contribution in [3.63, 3.8) is 0 Å². The van der Waals surface area contributed by atoms with Gasteiger partial charge in [-0.2, -0.15) is 0 Å². The number of halogens is 1. The molecular weight excluding hydrogens is 153 g/mol. The molecule has 1 nitrogen and oxygen atoms in total. The van der Waals surface area contributed by atoms with Gasteiger partial charge in [-0.05, 0) is 24.1 Å². The molecule has 0 aromatic heterocycles. The first-order chi connectivity index (χ1) is 5.83. The van der Waals surface area contributed by atoms with Gasteiger partial charge < -0.3 is 4.85 Å². The van der Waals surface area contributed by atoms with Crippen LogP contribution in [0.3, 0.4) is 0 Å².